The van der Waals surface area contributed by atoms with Gasteiger partial charge in [-0.05, 0) is 24.6 Å². The van der Waals surface area contributed by atoms with Crippen LogP contribution in [0.2, 0.25) is 0 Å². The second-order valence-electron chi connectivity index (χ2n) is 5.08. The van der Waals surface area contributed by atoms with Crippen molar-refractivity contribution >= 4 is 32.4 Å². The van der Waals surface area contributed by atoms with E-state index in [0.717, 1.165) is 6.07 Å². The first-order valence-corrected chi connectivity index (χ1v) is 7.76. The van der Waals surface area contributed by atoms with Gasteiger partial charge in [-0.3, -0.25) is 0 Å². The molecule has 1 unspecified atom stereocenters. The van der Waals surface area contributed by atoms with E-state index in [-0.39, 0.29) is 5.56 Å². The Kier molecular flexibility index (Phi) is 4.11. The summed E-state index contributed by atoms with van der Waals surface area (Å²) >= 11 is 1.21. The first-order chi connectivity index (χ1) is 11.4. The highest BCUT2D eigenvalue weighted by Crippen LogP contribution is 2.38. The normalized spacial score (nSPS) is 12.8. The second-order valence-corrected chi connectivity index (χ2v) is 6.11. The van der Waals surface area contributed by atoms with Gasteiger partial charge >= 0.3 is 6.18 Å². The van der Waals surface area contributed by atoms with E-state index in [1.54, 1.807) is 19.1 Å². The highest BCUT2D eigenvalue weighted by molar-refractivity contribution is 7.23. The summed E-state index contributed by atoms with van der Waals surface area (Å²) in [5.74, 6) is 0.421. The Morgan fingerprint density at radius 3 is 2.71 bits per heavy atom. The molecule has 1 N–H and O–H groups in total. The van der Waals surface area contributed by atoms with Crippen LogP contribution in [0.3, 0.4) is 0 Å². The zero-order valence-corrected chi connectivity index (χ0v) is 13.2. The zero-order valence-electron chi connectivity index (χ0n) is 12.4. The fourth-order valence-electron chi connectivity index (χ4n) is 2.42. The number of alkyl halides is 3. The van der Waals surface area contributed by atoms with Crippen molar-refractivity contribution in [3.8, 4) is 0 Å². The number of anilines is 1. The Morgan fingerprint density at radius 2 is 2.00 bits per heavy atom. The molecule has 8 heteroatoms. The van der Waals surface area contributed by atoms with Crippen LogP contribution >= 0.6 is 11.3 Å². The summed E-state index contributed by atoms with van der Waals surface area (Å²) < 4.78 is 40.1. The molecule has 0 bridgehead atoms. The third kappa shape index (κ3) is 3.03. The lowest BCUT2D eigenvalue weighted by Gasteiger charge is -2.20. The molecule has 3 aromatic rings. The average Bonchev–Trinajstić information content (AvgIpc) is 2.98. The van der Waals surface area contributed by atoms with E-state index in [1.165, 1.54) is 29.8 Å². The van der Waals surface area contributed by atoms with Crippen LogP contribution in [0.4, 0.5) is 24.0 Å². The van der Waals surface area contributed by atoms with Gasteiger partial charge in [0.1, 0.15) is 12.1 Å². The average molecular weight is 348 g/mol. The molecule has 0 saturated heterocycles. The third-order valence-electron chi connectivity index (χ3n) is 3.49. The van der Waals surface area contributed by atoms with E-state index in [1.807, 2.05) is 0 Å². The van der Waals surface area contributed by atoms with E-state index in [2.05, 4.69) is 20.1 Å². The summed E-state index contributed by atoms with van der Waals surface area (Å²) in [7, 11) is 0. The maximum atomic E-state index is 13.2. The van der Waals surface area contributed by atoms with Crippen molar-refractivity contribution in [2.24, 2.45) is 0 Å². The molecule has 24 heavy (non-hydrogen) atoms. The Labute approximate surface area is 139 Å². The predicted octanol–water partition coefficient (Wildman–Crippen LogP) is 5.43. The van der Waals surface area contributed by atoms with Crippen molar-refractivity contribution in [3.63, 3.8) is 0 Å². The molecule has 4 nitrogen and oxygen atoms in total. The largest absolute Gasteiger partial charge is 0.416 e. The molecule has 0 fully saturated rings. The molecule has 0 spiro atoms. The number of nitrogens with one attached hydrogen (secondary N) is 1. The molecular weight excluding hydrogens is 337 g/mol. The molecule has 0 aliphatic heterocycles. The number of nitrogens with zero attached hydrogens (tertiary/aromatic N) is 3. The van der Waals surface area contributed by atoms with Crippen molar-refractivity contribution in [1.29, 1.82) is 0 Å². The minimum atomic E-state index is -4.42. The number of benzene rings is 1. The first-order valence-electron chi connectivity index (χ1n) is 6.95. The van der Waals surface area contributed by atoms with Gasteiger partial charge in [0.25, 0.3) is 0 Å². The number of thiophene rings is 1. The number of fused-ring (bicyclic) bond motifs is 1. The molecule has 2 heterocycles. The van der Waals surface area contributed by atoms with Gasteiger partial charge < -0.3 is 5.32 Å². The molecule has 3 rings (SSSR count). The lowest BCUT2D eigenvalue weighted by molar-refractivity contribution is -0.138. The standard InChI is InChI=1S/C16H11F3N4S/c1-9(10-5-3-4-6-11(10)16(17,18)19)23-15-14-12(21-8-22-15)7-13(20-2)24-14/h3-9H,1H3,(H,21,22,23). The van der Waals surface area contributed by atoms with Gasteiger partial charge in [-0.25, -0.2) is 14.8 Å². The second kappa shape index (κ2) is 6.09. The smallest absolute Gasteiger partial charge is 0.362 e. The Bertz CT molecular complexity index is 927. The van der Waals surface area contributed by atoms with Crippen LogP contribution in [0, 0.1) is 6.57 Å². The maximum Gasteiger partial charge on any atom is 0.416 e. The number of halogens is 3. The molecular formula is C16H11F3N4S. The summed E-state index contributed by atoms with van der Waals surface area (Å²) in [5, 5.41) is 3.46. The highest BCUT2D eigenvalue weighted by Gasteiger charge is 2.34. The lowest BCUT2D eigenvalue weighted by atomic mass is 10.0. The van der Waals surface area contributed by atoms with Crippen molar-refractivity contribution in [2.45, 2.75) is 19.1 Å². The van der Waals surface area contributed by atoms with Gasteiger partial charge in [-0.1, -0.05) is 18.2 Å². The fourth-order valence-corrected chi connectivity index (χ4v) is 3.27. The SMILES string of the molecule is [C-]#[N+]c1cc2ncnc(NC(C)c3ccccc3C(F)(F)F)c2s1. The first kappa shape index (κ1) is 16.2. The van der Waals surface area contributed by atoms with Crippen LogP contribution in [0.5, 0.6) is 0 Å². The van der Waals surface area contributed by atoms with Gasteiger partial charge in [-0.15, -0.1) is 11.3 Å². The minimum Gasteiger partial charge on any atom is -0.362 e. The van der Waals surface area contributed by atoms with Crippen LogP contribution in [0.25, 0.3) is 15.1 Å². The van der Waals surface area contributed by atoms with Crippen LogP contribution < -0.4 is 5.32 Å². The molecule has 0 saturated carbocycles. The van der Waals surface area contributed by atoms with Crippen molar-refractivity contribution in [1.82, 2.24) is 9.97 Å². The summed E-state index contributed by atoms with van der Waals surface area (Å²) in [4.78, 5) is 11.6. The summed E-state index contributed by atoms with van der Waals surface area (Å²) in [6, 6.07) is 6.46. The number of hydrogen-bond donors (Lipinski definition) is 1. The van der Waals surface area contributed by atoms with E-state index in [0.29, 0.717) is 21.0 Å². The van der Waals surface area contributed by atoms with E-state index >= 15 is 0 Å². The van der Waals surface area contributed by atoms with Crippen molar-refractivity contribution in [3.05, 3.63) is 59.2 Å². The van der Waals surface area contributed by atoms with Gasteiger partial charge in [0.05, 0.1) is 28.4 Å². The summed E-state index contributed by atoms with van der Waals surface area (Å²) in [5.41, 5.74) is 0.0573. The molecule has 1 aromatic carbocycles. The van der Waals surface area contributed by atoms with Crippen molar-refractivity contribution < 1.29 is 13.2 Å². The molecule has 0 aliphatic rings. The van der Waals surface area contributed by atoms with E-state index in [9.17, 15) is 13.2 Å². The molecule has 0 aliphatic carbocycles. The van der Waals surface area contributed by atoms with Gasteiger partial charge in [0.15, 0.2) is 0 Å². The van der Waals surface area contributed by atoms with Crippen LogP contribution in [-0.2, 0) is 6.18 Å². The highest BCUT2D eigenvalue weighted by atomic mass is 32.1. The zero-order chi connectivity index (χ0) is 17.3. The number of rotatable bonds is 3. The minimum absolute atomic E-state index is 0.138. The maximum absolute atomic E-state index is 13.2. The Balaban J connectivity index is 1.98. The summed E-state index contributed by atoms with van der Waals surface area (Å²) in [6.07, 6.45) is -3.10. The van der Waals surface area contributed by atoms with Gasteiger partial charge in [-0.2, -0.15) is 13.2 Å². The quantitative estimate of drug-likeness (QED) is 0.641. The topological polar surface area (TPSA) is 42.2 Å². The molecule has 122 valence electrons. The molecule has 1 atom stereocenters. The van der Waals surface area contributed by atoms with Gasteiger partial charge in [0, 0.05) is 0 Å². The van der Waals surface area contributed by atoms with Crippen molar-refractivity contribution in [2.75, 3.05) is 5.32 Å². The Morgan fingerprint density at radius 1 is 1.25 bits per heavy atom. The van der Waals surface area contributed by atoms with Crippen LogP contribution in [-0.4, -0.2) is 9.97 Å². The van der Waals surface area contributed by atoms with Gasteiger partial charge in [0.2, 0.25) is 5.00 Å². The lowest BCUT2D eigenvalue weighted by Crippen LogP contribution is -2.15. The number of hydrogen-bond acceptors (Lipinski definition) is 4. The predicted molar refractivity (Wildman–Crippen MR) is 87.2 cm³/mol. The fraction of sp³-hybridized carbons (Fsp3) is 0.188. The monoisotopic (exact) mass is 348 g/mol. The molecule has 0 amide bonds. The summed E-state index contributed by atoms with van der Waals surface area (Å²) in [6.45, 7) is 8.70. The number of aromatic nitrogens is 2. The molecule has 2 aromatic heterocycles. The van der Waals surface area contributed by atoms with E-state index < -0.39 is 17.8 Å². The molecule has 0 radical (unpaired) electrons. The third-order valence-corrected chi connectivity index (χ3v) is 4.52. The van der Waals surface area contributed by atoms with Crippen LogP contribution in [0.1, 0.15) is 24.1 Å². The van der Waals surface area contributed by atoms with Crippen LogP contribution in [0.15, 0.2) is 36.7 Å². The Hall–Kier alpha value is -2.66. The van der Waals surface area contributed by atoms with E-state index in [4.69, 9.17) is 6.57 Å².